The number of carbonyl (C=O) groups is 1. The van der Waals surface area contributed by atoms with E-state index in [1.807, 2.05) is 0 Å². The molecular formula is C19H16F2N4O3S. The number of ether oxygens (including phenoxy) is 1. The number of nitrogens with zero attached hydrogens (tertiary/aromatic N) is 3. The van der Waals surface area contributed by atoms with Crippen molar-refractivity contribution < 1.29 is 23.4 Å². The Morgan fingerprint density at radius 3 is 2.62 bits per heavy atom. The monoisotopic (exact) mass is 418 g/mol. The van der Waals surface area contributed by atoms with Gasteiger partial charge < -0.3 is 15.6 Å². The summed E-state index contributed by atoms with van der Waals surface area (Å²) in [6, 6.07) is 10.5. The fourth-order valence-corrected chi connectivity index (χ4v) is 3.32. The molecule has 150 valence electrons. The standard InChI is InChI=1S/C19H16F2N4O3S/c1-23-19-25(24-9-11-2-5-13(6-3-11)28-18(20)21)15(10-29-19)12-4-7-16(26)14(8-12)17(22)27/h2-10,18,26H,1H3,(H2,22,27)/b23-19?,24-9+. The van der Waals surface area contributed by atoms with Gasteiger partial charge in [-0.25, -0.2) is 4.68 Å². The van der Waals surface area contributed by atoms with Gasteiger partial charge in [0.2, 0.25) is 4.80 Å². The first kappa shape index (κ1) is 20.2. The molecule has 0 aliphatic rings. The first-order chi connectivity index (χ1) is 13.9. The molecular weight excluding hydrogens is 402 g/mol. The third-order valence-electron chi connectivity index (χ3n) is 3.86. The SMILES string of the molecule is CN=c1scc(-c2ccc(O)c(C(N)=O)c2)n1/N=C/c1ccc(OC(F)F)cc1. The molecule has 7 nitrogen and oxygen atoms in total. The van der Waals surface area contributed by atoms with Crippen molar-refractivity contribution in [3.05, 3.63) is 63.8 Å². The van der Waals surface area contributed by atoms with Crippen LogP contribution in [0.2, 0.25) is 0 Å². The zero-order chi connectivity index (χ0) is 21.0. The smallest absolute Gasteiger partial charge is 0.387 e. The van der Waals surface area contributed by atoms with Gasteiger partial charge in [0.05, 0.1) is 17.5 Å². The number of nitrogens with two attached hydrogens (primary N) is 1. The van der Waals surface area contributed by atoms with E-state index in [1.165, 1.54) is 41.8 Å². The van der Waals surface area contributed by atoms with E-state index in [9.17, 15) is 18.7 Å². The predicted molar refractivity (Wildman–Crippen MR) is 105 cm³/mol. The second-order valence-electron chi connectivity index (χ2n) is 5.73. The van der Waals surface area contributed by atoms with Crippen LogP contribution in [0.3, 0.4) is 0 Å². The van der Waals surface area contributed by atoms with E-state index in [-0.39, 0.29) is 17.1 Å². The second kappa shape index (κ2) is 8.65. The molecule has 0 bridgehead atoms. The van der Waals surface area contributed by atoms with Crippen molar-refractivity contribution in [2.24, 2.45) is 15.8 Å². The van der Waals surface area contributed by atoms with Crippen molar-refractivity contribution >= 4 is 23.5 Å². The van der Waals surface area contributed by atoms with E-state index < -0.39 is 12.5 Å². The van der Waals surface area contributed by atoms with E-state index in [0.29, 0.717) is 21.6 Å². The minimum Gasteiger partial charge on any atom is -0.507 e. The number of carbonyl (C=O) groups excluding carboxylic acids is 1. The maximum Gasteiger partial charge on any atom is 0.387 e. The van der Waals surface area contributed by atoms with E-state index in [1.54, 1.807) is 35.3 Å². The van der Waals surface area contributed by atoms with Crippen molar-refractivity contribution in [3.8, 4) is 22.8 Å². The van der Waals surface area contributed by atoms with Crippen LogP contribution in [0, 0.1) is 0 Å². The van der Waals surface area contributed by atoms with Crippen LogP contribution in [0.4, 0.5) is 8.78 Å². The summed E-state index contributed by atoms with van der Waals surface area (Å²) < 4.78 is 30.4. The number of aromatic nitrogens is 1. The molecule has 1 aromatic heterocycles. The maximum atomic E-state index is 12.2. The highest BCUT2D eigenvalue weighted by atomic mass is 32.1. The van der Waals surface area contributed by atoms with Crippen molar-refractivity contribution in [3.63, 3.8) is 0 Å². The molecule has 10 heteroatoms. The van der Waals surface area contributed by atoms with Crippen LogP contribution >= 0.6 is 11.3 Å². The number of primary amides is 1. The molecule has 1 amide bonds. The summed E-state index contributed by atoms with van der Waals surface area (Å²) in [6.45, 7) is -2.89. The number of phenols is 1. The number of aromatic hydroxyl groups is 1. The van der Waals surface area contributed by atoms with Gasteiger partial charge in [0, 0.05) is 18.0 Å². The summed E-state index contributed by atoms with van der Waals surface area (Å²) in [5, 5.41) is 16.0. The van der Waals surface area contributed by atoms with Crippen LogP contribution in [0.1, 0.15) is 15.9 Å². The lowest BCUT2D eigenvalue weighted by Crippen LogP contribution is -2.13. The topological polar surface area (TPSA) is 102 Å². The summed E-state index contributed by atoms with van der Waals surface area (Å²) >= 11 is 1.33. The Kier molecular flexibility index (Phi) is 6.03. The predicted octanol–water partition coefficient (Wildman–Crippen LogP) is 3.04. The molecule has 0 radical (unpaired) electrons. The van der Waals surface area contributed by atoms with Crippen LogP contribution in [0.15, 0.2) is 57.9 Å². The first-order valence-corrected chi connectivity index (χ1v) is 9.13. The zero-order valence-corrected chi connectivity index (χ0v) is 15.9. The fourth-order valence-electron chi connectivity index (χ4n) is 2.51. The molecule has 0 atom stereocenters. The molecule has 29 heavy (non-hydrogen) atoms. The molecule has 0 aliphatic heterocycles. The summed E-state index contributed by atoms with van der Waals surface area (Å²) in [4.78, 5) is 16.3. The van der Waals surface area contributed by atoms with Crippen LogP contribution in [0.25, 0.3) is 11.3 Å². The maximum absolute atomic E-state index is 12.2. The Hall–Kier alpha value is -3.53. The molecule has 3 rings (SSSR count). The van der Waals surface area contributed by atoms with Crippen LogP contribution in [-0.2, 0) is 0 Å². The lowest BCUT2D eigenvalue weighted by atomic mass is 10.1. The van der Waals surface area contributed by atoms with Gasteiger partial charge in [-0.2, -0.15) is 13.9 Å². The van der Waals surface area contributed by atoms with Crippen molar-refractivity contribution in [2.45, 2.75) is 6.61 Å². The average molecular weight is 418 g/mol. The Bertz CT molecular complexity index is 1120. The molecule has 3 aromatic rings. The van der Waals surface area contributed by atoms with Gasteiger partial charge in [0.15, 0.2) is 0 Å². The van der Waals surface area contributed by atoms with Gasteiger partial charge in [-0.15, -0.1) is 11.3 Å². The van der Waals surface area contributed by atoms with E-state index in [4.69, 9.17) is 5.73 Å². The van der Waals surface area contributed by atoms with E-state index in [0.717, 1.165) is 0 Å². The van der Waals surface area contributed by atoms with Crippen LogP contribution in [-0.4, -0.2) is 35.6 Å². The minimum atomic E-state index is -2.89. The summed E-state index contributed by atoms with van der Waals surface area (Å²) in [5.41, 5.74) is 7.19. The average Bonchev–Trinajstić information content (AvgIpc) is 3.10. The minimum absolute atomic E-state index is 0.00571. The summed E-state index contributed by atoms with van der Waals surface area (Å²) in [6.07, 6.45) is 1.53. The van der Waals surface area contributed by atoms with E-state index in [2.05, 4.69) is 14.8 Å². The lowest BCUT2D eigenvalue weighted by Gasteiger charge is -2.07. The van der Waals surface area contributed by atoms with Gasteiger partial charge in [-0.05, 0) is 48.0 Å². The molecule has 0 aliphatic carbocycles. The number of halogens is 2. The number of rotatable bonds is 6. The number of hydrogen-bond acceptors (Lipinski definition) is 6. The van der Waals surface area contributed by atoms with Gasteiger partial charge >= 0.3 is 6.61 Å². The third-order valence-corrected chi connectivity index (χ3v) is 4.77. The summed E-state index contributed by atoms with van der Waals surface area (Å²) in [5.74, 6) is -0.910. The second-order valence-corrected chi connectivity index (χ2v) is 6.56. The molecule has 0 spiro atoms. The summed E-state index contributed by atoms with van der Waals surface area (Å²) in [7, 11) is 1.61. The largest absolute Gasteiger partial charge is 0.507 e. The molecule has 0 fully saturated rings. The van der Waals surface area contributed by atoms with Crippen LogP contribution in [0.5, 0.6) is 11.5 Å². The van der Waals surface area contributed by atoms with Gasteiger partial charge in [-0.3, -0.25) is 9.79 Å². The highest BCUT2D eigenvalue weighted by molar-refractivity contribution is 7.07. The Morgan fingerprint density at radius 1 is 1.28 bits per heavy atom. The van der Waals surface area contributed by atoms with Crippen molar-refractivity contribution in [2.75, 3.05) is 7.05 Å². The quantitative estimate of drug-likeness (QED) is 0.602. The number of benzene rings is 2. The van der Waals surface area contributed by atoms with Crippen LogP contribution < -0.4 is 15.3 Å². The zero-order valence-electron chi connectivity index (χ0n) is 15.1. The molecule has 3 N–H and O–H groups in total. The normalized spacial score (nSPS) is 12.1. The first-order valence-electron chi connectivity index (χ1n) is 8.25. The van der Waals surface area contributed by atoms with E-state index >= 15 is 0 Å². The number of thiazole rings is 1. The molecule has 0 saturated heterocycles. The molecule has 0 saturated carbocycles. The third kappa shape index (κ3) is 4.66. The molecule has 0 unspecified atom stereocenters. The highest BCUT2D eigenvalue weighted by Gasteiger charge is 2.13. The van der Waals surface area contributed by atoms with Crippen molar-refractivity contribution in [1.82, 2.24) is 4.68 Å². The molecule has 1 heterocycles. The Labute approximate surface area is 168 Å². The van der Waals surface area contributed by atoms with Gasteiger partial charge in [-0.1, -0.05) is 0 Å². The number of alkyl halides is 2. The lowest BCUT2D eigenvalue weighted by molar-refractivity contribution is -0.0498. The molecule has 2 aromatic carbocycles. The Balaban J connectivity index is 1.97. The highest BCUT2D eigenvalue weighted by Crippen LogP contribution is 2.26. The Morgan fingerprint density at radius 2 is 2.00 bits per heavy atom. The van der Waals surface area contributed by atoms with Crippen molar-refractivity contribution in [1.29, 1.82) is 0 Å². The van der Waals surface area contributed by atoms with Gasteiger partial charge in [0.1, 0.15) is 11.5 Å². The number of hydrogen-bond donors (Lipinski definition) is 2. The van der Waals surface area contributed by atoms with Gasteiger partial charge in [0.25, 0.3) is 5.91 Å². The fraction of sp³-hybridized carbons (Fsp3) is 0.105. The number of amides is 1.